The number of ether oxygens (including phenoxy) is 2. The Balaban J connectivity index is 1.97. The van der Waals surface area contributed by atoms with Gasteiger partial charge in [0, 0.05) is 24.2 Å². The molecule has 2 aromatic carbocycles. The lowest BCUT2D eigenvalue weighted by molar-refractivity contribution is -0.140. The van der Waals surface area contributed by atoms with Crippen molar-refractivity contribution in [2.75, 3.05) is 29.9 Å². The maximum absolute atomic E-state index is 13.8. The largest absolute Gasteiger partial charge is 0.454 e. The van der Waals surface area contributed by atoms with Crippen LogP contribution in [0.15, 0.2) is 42.5 Å². The molecule has 0 aliphatic carbocycles. The molecule has 1 N–H and O–H groups in total. The summed E-state index contributed by atoms with van der Waals surface area (Å²) in [6.07, 6.45) is 0.338. The molecule has 0 radical (unpaired) electrons. The summed E-state index contributed by atoms with van der Waals surface area (Å²) in [6, 6.07) is 11.0. The first-order valence-electron chi connectivity index (χ1n) is 12.3. The Hall–Kier alpha value is -2.98. The second kappa shape index (κ2) is 12.5. The predicted molar refractivity (Wildman–Crippen MR) is 143 cm³/mol. The maximum atomic E-state index is 13.8. The molecule has 0 bridgehead atoms. The molecule has 1 heterocycles. The van der Waals surface area contributed by atoms with E-state index >= 15 is 0 Å². The van der Waals surface area contributed by atoms with Crippen LogP contribution < -0.4 is 19.1 Å². The van der Waals surface area contributed by atoms with Crippen LogP contribution in [-0.2, 0) is 26.2 Å². The molecule has 2 aromatic rings. The Morgan fingerprint density at radius 2 is 1.78 bits per heavy atom. The highest BCUT2D eigenvalue weighted by Crippen LogP contribution is 2.36. The molecule has 202 valence electrons. The van der Waals surface area contributed by atoms with E-state index < -0.39 is 28.5 Å². The van der Waals surface area contributed by atoms with E-state index in [9.17, 15) is 18.0 Å². The average molecular weight is 552 g/mol. The molecule has 1 aliphatic rings. The molecule has 0 spiro atoms. The summed E-state index contributed by atoms with van der Waals surface area (Å²) in [5.41, 5.74) is 0.926. The minimum atomic E-state index is -3.85. The number of carbonyl (C=O) groups excluding carboxylic acids is 2. The van der Waals surface area contributed by atoms with E-state index in [0.29, 0.717) is 35.1 Å². The number of hydrogen-bond donors (Lipinski definition) is 1. The standard InChI is InChI=1S/C26H34ClN3O6S/c1-5-22(26(32)28-14-18(3)4)29(15-19-9-7-8-10-21(19)27)25(31)16-30(37(33,34)6-2)20-11-12-23-24(13-20)36-17-35-23/h7-13,18,22H,5-6,14-17H2,1-4H3,(H,28,32). The minimum Gasteiger partial charge on any atom is -0.454 e. The number of amides is 2. The Kier molecular flexibility index (Phi) is 9.67. The molecule has 0 fully saturated rings. The molecule has 37 heavy (non-hydrogen) atoms. The number of halogens is 1. The van der Waals surface area contributed by atoms with Crippen molar-refractivity contribution in [3.05, 3.63) is 53.1 Å². The highest BCUT2D eigenvalue weighted by atomic mass is 35.5. The quantitative estimate of drug-likeness (QED) is 0.430. The van der Waals surface area contributed by atoms with E-state index in [1.54, 1.807) is 36.4 Å². The average Bonchev–Trinajstić information content (AvgIpc) is 3.34. The van der Waals surface area contributed by atoms with Gasteiger partial charge in [-0.25, -0.2) is 8.42 Å². The second-order valence-electron chi connectivity index (χ2n) is 9.12. The summed E-state index contributed by atoms with van der Waals surface area (Å²) in [5.74, 6) is 0.0765. The number of fused-ring (bicyclic) bond motifs is 1. The van der Waals surface area contributed by atoms with Crippen molar-refractivity contribution in [3.8, 4) is 11.5 Å². The first-order chi connectivity index (χ1) is 17.6. The molecule has 2 amide bonds. The van der Waals surface area contributed by atoms with Crippen molar-refractivity contribution in [1.29, 1.82) is 0 Å². The number of rotatable bonds is 12. The third-order valence-electron chi connectivity index (χ3n) is 5.99. The van der Waals surface area contributed by atoms with E-state index in [1.165, 1.54) is 17.9 Å². The van der Waals surface area contributed by atoms with Crippen LogP contribution in [0.1, 0.15) is 39.7 Å². The van der Waals surface area contributed by atoms with Gasteiger partial charge in [0.25, 0.3) is 0 Å². The van der Waals surface area contributed by atoms with Crippen LogP contribution in [0, 0.1) is 5.92 Å². The van der Waals surface area contributed by atoms with Crippen molar-refractivity contribution in [1.82, 2.24) is 10.2 Å². The van der Waals surface area contributed by atoms with Crippen LogP contribution in [0.2, 0.25) is 5.02 Å². The molecule has 0 aromatic heterocycles. The zero-order valence-electron chi connectivity index (χ0n) is 21.6. The fourth-order valence-electron chi connectivity index (χ4n) is 3.91. The van der Waals surface area contributed by atoms with E-state index in [4.69, 9.17) is 21.1 Å². The van der Waals surface area contributed by atoms with Gasteiger partial charge in [0.15, 0.2) is 11.5 Å². The van der Waals surface area contributed by atoms with E-state index in [1.807, 2.05) is 20.8 Å². The number of carbonyl (C=O) groups is 2. The van der Waals surface area contributed by atoms with Crippen molar-refractivity contribution in [2.24, 2.45) is 5.92 Å². The number of benzene rings is 2. The summed E-state index contributed by atoms with van der Waals surface area (Å²) >= 11 is 6.38. The van der Waals surface area contributed by atoms with Crippen molar-refractivity contribution in [3.63, 3.8) is 0 Å². The van der Waals surface area contributed by atoms with Crippen LogP contribution in [-0.4, -0.2) is 56.8 Å². The Morgan fingerprint density at radius 3 is 2.43 bits per heavy atom. The number of nitrogens with zero attached hydrogens (tertiary/aromatic N) is 2. The van der Waals surface area contributed by atoms with Gasteiger partial charge in [-0.15, -0.1) is 0 Å². The SMILES string of the molecule is CCC(C(=O)NCC(C)C)N(Cc1ccccc1Cl)C(=O)CN(c1ccc2c(c1)OCO2)S(=O)(=O)CC. The molecule has 0 saturated carbocycles. The van der Waals surface area contributed by atoms with Crippen LogP contribution in [0.3, 0.4) is 0 Å². The lowest BCUT2D eigenvalue weighted by Crippen LogP contribution is -2.52. The zero-order valence-corrected chi connectivity index (χ0v) is 23.1. The Labute approximate surface area is 223 Å². The number of anilines is 1. The maximum Gasteiger partial charge on any atom is 0.244 e. The molecular weight excluding hydrogens is 518 g/mol. The van der Waals surface area contributed by atoms with Crippen LogP contribution in [0.4, 0.5) is 5.69 Å². The van der Waals surface area contributed by atoms with Gasteiger partial charge in [0.1, 0.15) is 12.6 Å². The van der Waals surface area contributed by atoms with Crippen LogP contribution in [0.25, 0.3) is 0 Å². The zero-order chi connectivity index (χ0) is 27.2. The lowest BCUT2D eigenvalue weighted by atomic mass is 10.1. The second-order valence-corrected chi connectivity index (χ2v) is 11.7. The van der Waals surface area contributed by atoms with Crippen LogP contribution in [0.5, 0.6) is 11.5 Å². The van der Waals surface area contributed by atoms with Gasteiger partial charge in [-0.2, -0.15) is 0 Å². The number of sulfonamides is 1. The molecule has 1 unspecified atom stereocenters. The summed E-state index contributed by atoms with van der Waals surface area (Å²) in [6.45, 7) is 7.33. The fraction of sp³-hybridized carbons (Fsp3) is 0.462. The first kappa shape index (κ1) is 28.6. The highest BCUT2D eigenvalue weighted by molar-refractivity contribution is 7.92. The minimum absolute atomic E-state index is 0.0352. The van der Waals surface area contributed by atoms with Gasteiger partial charge in [0.05, 0.1) is 11.4 Å². The van der Waals surface area contributed by atoms with Gasteiger partial charge in [-0.05, 0) is 43.0 Å². The van der Waals surface area contributed by atoms with Gasteiger partial charge >= 0.3 is 0 Å². The molecule has 1 atom stereocenters. The first-order valence-corrected chi connectivity index (χ1v) is 14.3. The number of nitrogens with one attached hydrogen (secondary N) is 1. The van der Waals surface area contributed by atoms with Gasteiger partial charge < -0.3 is 19.7 Å². The third-order valence-corrected chi connectivity index (χ3v) is 8.10. The summed E-state index contributed by atoms with van der Waals surface area (Å²) in [4.78, 5) is 28.4. The molecule has 11 heteroatoms. The van der Waals surface area contributed by atoms with Gasteiger partial charge in [-0.1, -0.05) is 50.6 Å². The Morgan fingerprint density at radius 1 is 1.08 bits per heavy atom. The van der Waals surface area contributed by atoms with Crippen LogP contribution >= 0.6 is 11.6 Å². The molecular formula is C26H34ClN3O6S. The monoisotopic (exact) mass is 551 g/mol. The molecule has 0 saturated heterocycles. The summed E-state index contributed by atoms with van der Waals surface area (Å²) < 4.78 is 38.0. The highest BCUT2D eigenvalue weighted by Gasteiger charge is 2.33. The third kappa shape index (κ3) is 7.07. The van der Waals surface area contributed by atoms with Crippen molar-refractivity contribution >= 4 is 39.1 Å². The topological polar surface area (TPSA) is 105 Å². The van der Waals surface area contributed by atoms with E-state index in [0.717, 1.165) is 4.31 Å². The number of hydrogen-bond acceptors (Lipinski definition) is 6. The van der Waals surface area contributed by atoms with E-state index in [2.05, 4.69) is 5.32 Å². The van der Waals surface area contributed by atoms with Crippen molar-refractivity contribution < 1.29 is 27.5 Å². The van der Waals surface area contributed by atoms with Gasteiger partial charge in [0.2, 0.25) is 28.6 Å². The van der Waals surface area contributed by atoms with Crippen molar-refractivity contribution in [2.45, 2.75) is 46.7 Å². The smallest absolute Gasteiger partial charge is 0.244 e. The summed E-state index contributed by atoms with van der Waals surface area (Å²) in [7, 11) is -3.85. The molecule has 1 aliphatic heterocycles. The molecule has 3 rings (SSSR count). The Bertz CT molecular complexity index is 1220. The normalized spacial score (nSPS) is 13.4. The fourth-order valence-corrected chi connectivity index (χ4v) is 5.16. The predicted octanol–water partition coefficient (Wildman–Crippen LogP) is 3.80. The lowest BCUT2D eigenvalue weighted by Gasteiger charge is -2.33. The molecule has 9 nitrogen and oxygen atoms in total. The van der Waals surface area contributed by atoms with Gasteiger partial charge in [-0.3, -0.25) is 13.9 Å². The summed E-state index contributed by atoms with van der Waals surface area (Å²) in [5, 5.41) is 3.35. The van der Waals surface area contributed by atoms with E-state index in [-0.39, 0.29) is 36.6 Å².